The third kappa shape index (κ3) is 3.34. The molecule has 2 heterocycles. The van der Waals surface area contributed by atoms with Crippen molar-refractivity contribution in [3.8, 4) is 0 Å². The Kier molecular flexibility index (Phi) is 4.29. The monoisotopic (exact) mass is 316 g/mol. The Bertz CT molecular complexity index is 646. The van der Waals surface area contributed by atoms with Crippen LogP contribution in [0.15, 0.2) is 24.3 Å². The second-order valence-electron chi connectivity index (χ2n) is 5.93. The minimum atomic E-state index is -0.228. The van der Waals surface area contributed by atoms with E-state index in [1.165, 1.54) is 4.90 Å². The van der Waals surface area contributed by atoms with Crippen LogP contribution >= 0.6 is 0 Å². The average Bonchev–Trinajstić information content (AvgIpc) is 2.98. The van der Waals surface area contributed by atoms with Gasteiger partial charge in [0.2, 0.25) is 17.7 Å². The number of nitrogens with two attached hydrogens (primary N) is 1. The van der Waals surface area contributed by atoms with Crippen LogP contribution in [-0.2, 0) is 14.4 Å². The molecule has 0 saturated carbocycles. The van der Waals surface area contributed by atoms with Gasteiger partial charge in [-0.15, -0.1) is 0 Å². The van der Waals surface area contributed by atoms with Gasteiger partial charge in [0.05, 0.1) is 11.4 Å². The zero-order valence-electron chi connectivity index (χ0n) is 12.8. The largest absolute Gasteiger partial charge is 0.341 e. The average molecular weight is 316 g/mol. The molecule has 3 rings (SSSR count). The zero-order valence-corrected chi connectivity index (χ0v) is 12.8. The second-order valence-corrected chi connectivity index (χ2v) is 5.93. The van der Waals surface area contributed by atoms with E-state index in [0.717, 1.165) is 6.42 Å². The number of carbonyl (C=O) groups is 3. The van der Waals surface area contributed by atoms with Crippen LogP contribution in [0.1, 0.15) is 19.3 Å². The topological polar surface area (TPSA) is 95.7 Å². The minimum Gasteiger partial charge on any atom is -0.341 e. The summed E-state index contributed by atoms with van der Waals surface area (Å²) in [7, 11) is 0. The zero-order chi connectivity index (χ0) is 16.4. The lowest BCUT2D eigenvalue weighted by molar-refractivity contribution is -0.132. The summed E-state index contributed by atoms with van der Waals surface area (Å²) in [5, 5.41) is 2.74. The number of nitrogens with one attached hydrogen (secondary N) is 1. The van der Waals surface area contributed by atoms with Gasteiger partial charge < -0.3 is 20.9 Å². The smallest absolute Gasteiger partial charge is 0.244 e. The maximum absolute atomic E-state index is 12.4. The Morgan fingerprint density at radius 1 is 1.22 bits per heavy atom. The van der Waals surface area contributed by atoms with E-state index in [0.29, 0.717) is 24.5 Å². The lowest BCUT2D eigenvalue weighted by atomic mass is 10.1. The molecule has 1 aromatic carbocycles. The molecule has 1 aromatic rings. The van der Waals surface area contributed by atoms with Crippen molar-refractivity contribution in [2.75, 3.05) is 29.9 Å². The lowest BCUT2D eigenvalue weighted by Crippen LogP contribution is -2.42. The van der Waals surface area contributed by atoms with Gasteiger partial charge in [-0.1, -0.05) is 12.1 Å². The molecular weight excluding hydrogens is 296 g/mol. The first-order valence-corrected chi connectivity index (χ1v) is 7.77. The molecule has 2 aliphatic rings. The quantitative estimate of drug-likeness (QED) is 0.839. The molecule has 3 N–H and O–H groups in total. The van der Waals surface area contributed by atoms with Crippen molar-refractivity contribution in [1.82, 2.24) is 4.90 Å². The second kappa shape index (κ2) is 6.37. The van der Waals surface area contributed by atoms with Crippen LogP contribution in [0.5, 0.6) is 0 Å². The van der Waals surface area contributed by atoms with Crippen molar-refractivity contribution in [2.24, 2.45) is 5.73 Å². The summed E-state index contributed by atoms with van der Waals surface area (Å²) >= 11 is 0. The SMILES string of the molecule is N[C@@H]1CCN(C(=O)CCC(=O)N2CC(=O)Nc3ccccc32)C1. The normalized spacial score (nSPS) is 20.2. The third-order valence-corrected chi connectivity index (χ3v) is 4.20. The van der Waals surface area contributed by atoms with E-state index in [1.54, 1.807) is 23.1 Å². The number of anilines is 2. The van der Waals surface area contributed by atoms with Gasteiger partial charge in [0.1, 0.15) is 6.54 Å². The van der Waals surface area contributed by atoms with Crippen LogP contribution in [-0.4, -0.2) is 48.3 Å². The van der Waals surface area contributed by atoms with E-state index in [-0.39, 0.29) is 43.1 Å². The highest BCUT2D eigenvalue weighted by Gasteiger charge is 2.28. The van der Waals surface area contributed by atoms with Crippen LogP contribution in [0.25, 0.3) is 0 Å². The number of likely N-dealkylation sites (tertiary alicyclic amines) is 1. The van der Waals surface area contributed by atoms with Gasteiger partial charge in [-0.2, -0.15) is 0 Å². The molecule has 2 aliphatic heterocycles. The van der Waals surface area contributed by atoms with E-state index in [1.807, 2.05) is 6.07 Å². The van der Waals surface area contributed by atoms with Gasteiger partial charge >= 0.3 is 0 Å². The Morgan fingerprint density at radius 3 is 2.70 bits per heavy atom. The molecule has 0 spiro atoms. The molecule has 0 aliphatic carbocycles. The molecule has 0 aromatic heterocycles. The standard InChI is InChI=1S/C16H20N4O3/c17-11-7-8-19(9-11)15(22)5-6-16(23)20-10-14(21)18-12-3-1-2-4-13(12)20/h1-4,11H,5-10,17H2,(H,18,21)/t11-/m1/s1. The molecule has 1 saturated heterocycles. The van der Waals surface area contributed by atoms with Crippen LogP contribution in [0.3, 0.4) is 0 Å². The summed E-state index contributed by atoms with van der Waals surface area (Å²) in [4.78, 5) is 39.4. The van der Waals surface area contributed by atoms with Crippen molar-refractivity contribution in [1.29, 1.82) is 0 Å². The third-order valence-electron chi connectivity index (χ3n) is 4.20. The summed E-state index contributed by atoms with van der Waals surface area (Å²) in [6.45, 7) is 1.20. The Hall–Kier alpha value is -2.41. The van der Waals surface area contributed by atoms with E-state index in [2.05, 4.69) is 5.32 Å². The summed E-state index contributed by atoms with van der Waals surface area (Å²) in [6, 6.07) is 7.19. The number of hydrogen-bond acceptors (Lipinski definition) is 4. The molecular formula is C16H20N4O3. The number of nitrogens with zero attached hydrogens (tertiary/aromatic N) is 2. The van der Waals surface area contributed by atoms with Crippen LogP contribution in [0, 0.1) is 0 Å². The molecule has 122 valence electrons. The molecule has 0 unspecified atom stereocenters. The molecule has 23 heavy (non-hydrogen) atoms. The number of amides is 3. The predicted octanol–water partition coefficient (Wildman–Crippen LogP) is 0.312. The van der Waals surface area contributed by atoms with Gasteiger partial charge in [-0.25, -0.2) is 0 Å². The fourth-order valence-corrected chi connectivity index (χ4v) is 2.98. The van der Waals surface area contributed by atoms with Crippen LogP contribution in [0.4, 0.5) is 11.4 Å². The highest BCUT2D eigenvalue weighted by Crippen LogP contribution is 2.29. The van der Waals surface area contributed by atoms with Crippen molar-refractivity contribution in [3.63, 3.8) is 0 Å². The lowest BCUT2D eigenvalue weighted by Gasteiger charge is -2.29. The van der Waals surface area contributed by atoms with Gasteiger partial charge in [0.15, 0.2) is 0 Å². The molecule has 1 fully saturated rings. The maximum atomic E-state index is 12.4. The van der Waals surface area contributed by atoms with Crippen molar-refractivity contribution in [2.45, 2.75) is 25.3 Å². The van der Waals surface area contributed by atoms with E-state index in [4.69, 9.17) is 5.73 Å². The highest BCUT2D eigenvalue weighted by atomic mass is 16.2. The van der Waals surface area contributed by atoms with Gasteiger partial charge in [0, 0.05) is 32.0 Å². The first kappa shape index (κ1) is 15.5. The highest BCUT2D eigenvalue weighted by molar-refractivity contribution is 6.10. The molecule has 7 nitrogen and oxygen atoms in total. The molecule has 7 heteroatoms. The number of benzene rings is 1. The number of para-hydroxylation sites is 2. The summed E-state index contributed by atoms with van der Waals surface area (Å²) < 4.78 is 0. The summed E-state index contributed by atoms with van der Waals surface area (Å²) in [5.41, 5.74) is 7.08. The molecule has 0 radical (unpaired) electrons. The number of carbonyl (C=O) groups excluding carboxylic acids is 3. The van der Waals surface area contributed by atoms with Crippen LogP contribution in [0.2, 0.25) is 0 Å². The van der Waals surface area contributed by atoms with Gasteiger partial charge in [0.25, 0.3) is 0 Å². The fraction of sp³-hybridized carbons (Fsp3) is 0.438. The van der Waals surface area contributed by atoms with Crippen molar-refractivity contribution in [3.05, 3.63) is 24.3 Å². The summed E-state index contributed by atoms with van der Waals surface area (Å²) in [5.74, 6) is -0.501. The summed E-state index contributed by atoms with van der Waals surface area (Å²) in [6.07, 6.45) is 1.04. The minimum absolute atomic E-state index is 0.0153. The van der Waals surface area contributed by atoms with Gasteiger partial charge in [-0.05, 0) is 18.6 Å². The van der Waals surface area contributed by atoms with Gasteiger partial charge in [-0.3, -0.25) is 14.4 Å². The Labute approximate surface area is 134 Å². The first-order chi connectivity index (χ1) is 11.0. The molecule has 1 atom stereocenters. The van der Waals surface area contributed by atoms with E-state index >= 15 is 0 Å². The Morgan fingerprint density at radius 2 is 1.96 bits per heavy atom. The van der Waals surface area contributed by atoms with Crippen molar-refractivity contribution >= 4 is 29.1 Å². The van der Waals surface area contributed by atoms with Crippen molar-refractivity contribution < 1.29 is 14.4 Å². The molecule has 0 bridgehead atoms. The number of rotatable bonds is 3. The maximum Gasteiger partial charge on any atom is 0.244 e. The van der Waals surface area contributed by atoms with Crippen LogP contribution < -0.4 is 16.0 Å². The predicted molar refractivity (Wildman–Crippen MR) is 85.8 cm³/mol. The fourth-order valence-electron chi connectivity index (χ4n) is 2.98. The van der Waals surface area contributed by atoms with E-state index < -0.39 is 0 Å². The molecule has 3 amide bonds. The first-order valence-electron chi connectivity index (χ1n) is 7.77. The van der Waals surface area contributed by atoms with E-state index in [9.17, 15) is 14.4 Å². The number of fused-ring (bicyclic) bond motifs is 1. The number of hydrogen-bond donors (Lipinski definition) is 2. The Balaban J connectivity index is 1.62.